The maximum Gasteiger partial charge on any atom is 0.408 e. The van der Waals surface area contributed by atoms with Gasteiger partial charge in [0.1, 0.15) is 47.8 Å². The molecule has 1 rings (SSSR count). The molecule has 0 radical (unpaired) electrons. The summed E-state index contributed by atoms with van der Waals surface area (Å²) in [5.41, 5.74) is 4.45. The van der Waals surface area contributed by atoms with Crippen LogP contribution >= 0.6 is 0 Å². The van der Waals surface area contributed by atoms with E-state index in [9.17, 15) is 40.1 Å². The zero-order chi connectivity index (χ0) is 25.3. The van der Waals surface area contributed by atoms with Crippen molar-refractivity contribution in [3.8, 4) is 0 Å². The molecule has 0 aliphatic carbocycles. The highest BCUT2D eigenvalue weighted by Gasteiger charge is 2.43. The number of carbonyl (C=O) groups excluding carboxylic acids is 2. The third-order valence-corrected chi connectivity index (χ3v) is 4.22. The van der Waals surface area contributed by atoms with Crippen LogP contribution in [0.4, 0.5) is 4.79 Å². The molecule has 16 nitrogen and oxygen atoms in total. The lowest BCUT2D eigenvalue weighted by atomic mass is 9.99. The third kappa shape index (κ3) is 10.1. The number of hydrogen-bond donors (Lipinski definition) is 7. The number of aliphatic hydroxyl groups is 4. The van der Waals surface area contributed by atoms with Gasteiger partial charge in [0.05, 0.1) is 0 Å². The van der Waals surface area contributed by atoms with Gasteiger partial charge >= 0.3 is 12.1 Å². The van der Waals surface area contributed by atoms with E-state index in [2.05, 4.69) is 15.7 Å². The minimum atomic E-state index is -1.81. The van der Waals surface area contributed by atoms with Crippen molar-refractivity contribution < 1.29 is 49.3 Å². The number of guanidine groups is 1. The van der Waals surface area contributed by atoms with E-state index in [0.29, 0.717) is 0 Å². The summed E-state index contributed by atoms with van der Waals surface area (Å²) in [4.78, 5) is 34.9. The average Bonchev–Trinajstić information content (AvgIpc) is 2.68. The van der Waals surface area contributed by atoms with Crippen molar-refractivity contribution >= 4 is 18.0 Å². The number of esters is 1. The standard InChI is InChI=1S/C17H31N5O11/c1-17(2,3)33-16(28)20-8(5-4-6-19-15(18)21-22(29)30)13(26)31-7-9-10(23)11(24)12(25)14(27)32-9/h8-12,14,23-25,27H,4-7H2,1-3H3,(H,20,28)(H3,18,19,21)/t8-,9?,10?,11?,12?,14?/m1/s1. The topological polar surface area (TPSA) is 248 Å². The summed E-state index contributed by atoms with van der Waals surface area (Å²) in [6.45, 7) is 4.33. The van der Waals surface area contributed by atoms with E-state index >= 15 is 0 Å². The number of rotatable bonds is 9. The van der Waals surface area contributed by atoms with Gasteiger partial charge < -0.3 is 51.0 Å². The van der Waals surface area contributed by atoms with Crippen LogP contribution in [0.25, 0.3) is 0 Å². The molecule has 0 aromatic carbocycles. The number of nitrogens with zero attached hydrogens (tertiary/aromatic N) is 2. The summed E-state index contributed by atoms with van der Waals surface area (Å²) in [7, 11) is 0. The van der Waals surface area contributed by atoms with Crippen molar-refractivity contribution in [1.29, 1.82) is 0 Å². The summed E-state index contributed by atoms with van der Waals surface area (Å²) in [5.74, 6) is -1.39. The number of hydrazone groups is 1. The molecule has 5 unspecified atom stereocenters. The molecular formula is C17H31N5O11. The molecule has 1 amide bonds. The number of ether oxygens (including phenoxy) is 3. The average molecular weight is 481 g/mol. The van der Waals surface area contributed by atoms with Crippen LogP contribution in [-0.4, -0.2) is 99.0 Å². The molecule has 0 spiro atoms. The zero-order valence-electron chi connectivity index (χ0n) is 18.4. The quantitative estimate of drug-likeness (QED) is 0.0436. The molecule has 1 saturated heterocycles. The van der Waals surface area contributed by atoms with Crippen LogP contribution in [0, 0.1) is 10.1 Å². The summed E-state index contributed by atoms with van der Waals surface area (Å²) >= 11 is 0. The molecule has 0 saturated carbocycles. The molecule has 1 aliphatic rings. The number of nitrogens with one attached hydrogen (secondary N) is 2. The minimum Gasteiger partial charge on any atom is -0.461 e. The highest BCUT2D eigenvalue weighted by Crippen LogP contribution is 2.20. The number of carbonyl (C=O) groups is 2. The van der Waals surface area contributed by atoms with E-state index in [0.717, 1.165) is 0 Å². The second kappa shape index (κ2) is 12.4. The van der Waals surface area contributed by atoms with Crippen LogP contribution < -0.4 is 16.4 Å². The van der Waals surface area contributed by atoms with Crippen molar-refractivity contribution in [3.05, 3.63) is 10.1 Å². The molecule has 8 N–H and O–H groups in total. The van der Waals surface area contributed by atoms with Crippen molar-refractivity contribution in [2.24, 2.45) is 10.8 Å². The van der Waals surface area contributed by atoms with Gasteiger partial charge in [0, 0.05) is 6.54 Å². The predicted octanol–water partition coefficient (Wildman–Crippen LogP) is -2.90. The summed E-state index contributed by atoms with van der Waals surface area (Å²) < 4.78 is 15.1. The van der Waals surface area contributed by atoms with Crippen molar-refractivity contribution in [3.63, 3.8) is 0 Å². The number of nitrogens with two attached hydrogens (primary N) is 1. The first-order valence-electron chi connectivity index (χ1n) is 9.97. The fraction of sp³-hybridized carbons (Fsp3) is 0.824. The van der Waals surface area contributed by atoms with Gasteiger partial charge in [0.2, 0.25) is 0 Å². The highest BCUT2D eigenvalue weighted by atomic mass is 16.7. The van der Waals surface area contributed by atoms with E-state index in [1.165, 1.54) is 0 Å². The van der Waals surface area contributed by atoms with Gasteiger partial charge in [0.25, 0.3) is 5.96 Å². The second-order valence-corrected chi connectivity index (χ2v) is 8.16. The Labute approximate surface area is 188 Å². The van der Waals surface area contributed by atoms with Gasteiger partial charge in [-0.25, -0.2) is 19.7 Å². The Hall–Kier alpha value is -2.79. The Kier molecular flexibility index (Phi) is 10.7. The molecule has 0 aromatic heterocycles. The molecule has 33 heavy (non-hydrogen) atoms. The first-order chi connectivity index (χ1) is 15.2. The molecule has 1 aliphatic heterocycles. The Morgan fingerprint density at radius 2 is 1.85 bits per heavy atom. The zero-order valence-corrected chi connectivity index (χ0v) is 18.4. The summed E-state index contributed by atoms with van der Waals surface area (Å²) in [6, 6.07) is -1.23. The fourth-order valence-electron chi connectivity index (χ4n) is 2.68. The van der Waals surface area contributed by atoms with Crippen molar-refractivity contribution in [2.75, 3.05) is 13.2 Å². The number of alkyl carbamates (subject to hydrolysis) is 1. The van der Waals surface area contributed by atoms with Gasteiger partial charge in [-0.15, -0.1) is 0 Å². The van der Waals surface area contributed by atoms with E-state index in [4.69, 9.17) is 19.9 Å². The van der Waals surface area contributed by atoms with Crippen LogP contribution in [0.1, 0.15) is 33.6 Å². The van der Waals surface area contributed by atoms with Gasteiger partial charge in [-0.3, -0.25) is 0 Å². The Bertz CT molecular complexity index is 714. The van der Waals surface area contributed by atoms with E-state index in [1.807, 2.05) is 0 Å². The first-order valence-corrected chi connectivity index (χ1v) is 9.97. The maximum atomic E-state index is 12.5. The lowest BCUT2D eigenvalue weighted by Crippen LogP contribution is -2.59. The minimum absolute atomic E-state index is 0.00510. The Balaban J connectivity index is 2.71. The van der Waals surface area contributed by atoms with Crippen LogP contribution in [0.15, 0.2) is 5.10 Å². The normalized spacial score (nSPS) is 26.8. The van der Waals surface area contributed by atoms with Gasteiger partial charge in [-0.05, 0) is 33.6 Å². The Morgan fingerprint density at radius 3 is 2.42 bits per heavy atom. The number of amides is 1. The van der Waals surface area contributed by atoms with Crippen molar-refractivity contribution in [2.45, 2.75) is 76.0 Å². The van der Waals surface area contributed by atoms with Gasteiger partial charge in [-0.1, -0.05) is 0 Å². The smallest absolute Gasteiger partial charge is 0.408 e. The molecule has 0 aromatic rings. The Morgan fingerprint density at radius 1 is 1.21 bits per heavy atom. The van der Waals surface area contributed by atoms with Crippen LogP contribution in [0.2, 0.25) is 0 Å². The predicted molar refractivity (Wildman–Crippen MR) is 109 cm³/mol. The van der Waals surface area contributed by atoms with E-state index in [-0.39, 0.29) is 19.4 Å². The SMILES string of the molecule is CC(C)(C)OC(=O)N[C@H](CCCN/C(N)=N\[N+](=O)[O-])C(=O)OCC1OC(O)C(O)C(O)C1O. The third-order valence-electron chi connectivity index (χ3n) is 4.22. The number of hydrogen-bond acceptors (Lipinski definition) is 11. The molecule has 16 heteroatoms. The highest BCUT2D eigenvalue weighted by molar-refractivity contribution is 5.81. The number of nitro groups is 1. The van der Waals surface area contributed by atoms with E-state index in [1.54, 1.807) is 20.8 Å². The molecular weight excluding hydrogens is 450 g/mol. The van der Waals surface area contributed by atoms with Crippen LogP contribution in [0.5, 0.6) is 0 Å². The lowest BCUT2D eigenvalue weighted by molar-refractivity contribution is -0.485. The molecule has 1 heterocycles. The number of aliphatic hydroxyl groups excluding tert-OH is 4. The van der Waals surface area contributed by atoms with Crippen LogP contribution in [0.3, 0.4) is 0 Å². The fourth-order valence-corrected chi connectivity index (χ4v) is 2.68. The summed E-state index contributed by atoms with van der Waals surface area (Å²) in [5, 5.41) is 55.6. The monoisotopic (exact) mass is 481 g/mol. The molecule has 1 fully saturated rings. The van der Waals surface area contributed by atoms with Gasteiger partial charge in [-0.2, -0.15) is 0 Å². The molecule has 190 valence electrons. The van der Waals surface area contributed by atoms with Crippen LogP contribution in [-0.2, 0) is 19.0 Å². The van der Waals surface area contributed by atoms with Gasteiger partial charge in [0.15, 0.2) is 11.3 Å². The lowest BCUT2D eigenvalue weighted by Gasteiger charge is -2.38. The van der Waals surface area contributed by atoms with Crippen molar-refractivity contribution in [1.82, 2.24) is 10.6 Å². The molecule has 6 atom stereocenters. The summed E-state index contributed by atoms with van der Waals surface area (Å²) in [6.07, 6.45) is -9.00. The van der Waals surface area contributed by atoms with E-state index < -0.39 is 72.0 Å². The largest absolute Gasteiger partial charge is 0.461 e. The second-order valence-electron chi connectivity index (χ2n) is 8.16. The molecule has 0 bridgehead atoms. The first kappa shape index (κ1) is 28.2. The maximum absolute atomic E-state index is 12.5.